The molecule has 1 N–H and O–H groups in total. The first-order valence-electron chi connectivity index (χ1n) is 8.53. The number of carbonyl (C=O) groups excluding carboxylic acids is 2. The Morgan fingerprint density at radius 1 is 1.38 bits per heavy atom. The van der Waals surface area contributed by atoms with Crippen LogP contribution in [0.2, 0.25) is 0 Å². The van der Waals surface area contributed by atoms with E-state index >= 15 is 0 Å². The molecule has 0 saturated carbocycles. The van der Waals surface area contributed by atoms with Gasteiger partial charge in [0.1, 0.15) is 10.7 Å². The van der Waals surface area contributed by atoms with E-state index < -0.39 is 16.0 Å². The van der Waals surface area contributed by atoms with Crippen LogP contribution in [-0.2, 0) is 19.6 Å². The van der Waals surface area contributed by atoms with Crippen molar-refractivity contribution in [3.63, 3.8) is 0 Å². The van der Waals surface area contributed by atoms with E-state index in [-0.39, 0.29) is 41.5 Å². The number of ether oxygens (including phenoxy) is 1. The maximum atomic E-state index is 13.0. The van der Waals surface area contributed by atoms with Crippen LogP contribution in [0, 0.1) is 6.92 Å². The monoisotopic (exact) mass is 385 g/mol. The molecule has 2 aliphatic rings. The van der Waals surface area contributed by atoms with Gasteiger partial charge in [0, 0.05) is 38.3 Å². The lowest BCUT2D eigenvalue weighted by atomic mass is 10.1. The highest BCUT2D eigenvalue weighted by Crippen LogP contribution is 2.27. The van der Waals surface area contributed by atoms with Crippen LogP contribution in [0.4, 0.5) is 0 Å². The molecule has 1 atom stereocenters. The predicted molar refractivity (Wildman–Crippen MR) is 91.1 cm³/mol. The first-order chi connectivity index (χ1) is 12.3. The molecule has 0 aromatic carbocycles. The summed E-state index contributed by atoms with van der Waals surface area (Å²) in [7, 11) is -2.62. The summed E-state index contributed by atoms with van der Waals surface area (Å²) in [6.07, 6.45) is 1.44. The maximum absolute atomic E-state index is 13.0. The number of esters is 1. The van der Waals surface area contributed by atoms with Crippen LogP contribution in [0.1, 0.15) is 29.2 Å². The normalized spacial score (nSPS) is 22.5. The summed E-state index contributed by atoms with van der Waals surface area (Å²) in [4.78, 5) is 25.4. The molecule has 1 amide bonds. The van der Waals surface area contributed by atoms with Crippen molar-refractivity contribution in [1.82, 2.24) is 14.5 Å². The molecule has 0 aliphatic carbocycles. The van der Waals surface area contributed by atoms with Gasteiger partial charge in [-0.15, -0.1) is 0 Å². The topological polar surface area (TPSA) is 109 Å². The standard InChI is InChI=1S/C16H23N3O6S/c1-11-14(8-13(25-11)16(21)24-2)26(22,23)18-6-3-4-12(10-18)19-7-5-17-9-15(19)20/h8,12,17H,3-7,9-10H2,1-2H3. The van der Waals surface area contributed by atoms with Crippen molar-refractivity contribution in [2.45, 2.75) is 30.7 Å². The number of sulfonamides is 1. The molecule has 1 aromatic heterocycles. The SMILES string of the molecule is COC(=O)c1cc(S(=O)(=O)N2CCCC(N3CCNCC3=O)C2)c(C)o1. The van der Waals surface area contributed by atoms with E-state index in [0.29, 0.717) is 26.1 Å². The Kier molecular flexibility index (Phi) is 5.35. The number of nitrogens with zero attached hydrogens (tertiary/aromatic N) is 2. The van der Waals surface area contributed by atoms with Crippen molar-refractivity contribution in [3.8, 4) is 0 Å². The summed E-state index contributed by atoms with van der Waals surface area (Å²) in [6.45, 7) is 3.68. The molecule has 3 rings (SSSR count). The van der Waals surface area contributed by atoms with Crippen molar-refractivity contribution >= 4 is 21.9 Å². The van der Waals surface area contributed by atoms with E-state index in [0.717, 1.165) is 6.42 Å². The number of rotatable bonds is 4. The number of nitrogens with one attached hydrogen (secondary N) is 1. The summed E-state index contributed by atoms with van der Waals surface area (Å²) >= 11 is 0. The molecule has 3 heterocycles. The summed E-state index contributed by atoms with van der Waals surface area (Å²) < 4.78 is 37.3. The van der Waals surface area contributed by atoms with Crippen LogP contribution < -0.4 is 5.32 Å². The Morgan fingerprint density at radius 3 is 2.85 bits per heavy atom. The highest BCUT2D eigenvalue weighted by molar-refractivity contribution is 7.89. The lowest BCUT2D eigenvalue weighted by Crippen LogP contribution is -2.57. The molecule has 1 aromatic rings. The molecule has 26 heavy (non-hydrogen) atoms. The molecule has 0 spiro atoms. The minimum atomic E-state index is -3.82. The van der Waals surface area contributed by atoms with Gasteiger partial charge in [-0.05, 0) is 19.8 Å². The number of carbonyl (C=O) groups is 2. The number of hydrogen-bond acceptors (Lipinski definition) is 7. The zero-order chi connectivity index (χ0) is 18.9. The van der Waals surface area contributed by atoms with Crippen molar-refractivity contribution in [1.29, 1.82) is 0 Å². The summed E-state index contributed by atoms with van der Waals surface area (Å²) in [5.74, 6) is -0.731. The van der Waals surface area contributed by atoms with Crippen LogP contribution in [0.15, 0.2) is 15.4 Å². The number of furan rings is 1. The zero-order valence-electron chi connectivity index (χ0n) is 14.9. The van der Waals surface area contributed by atoms with Crippen molar-refractivity contribution in [3.05, 3.63) is 17.6 Å². The third-order valence-corrected chi connectivity index (χ3v) is 6.78. The van der Waals surface area contributed by atoms with E-state index in [1.165, 1.54) is 24.4 Å². The Morgan fingerprint density at radius 2 is 2.15 bits per heavy atom. The third-order valence-electron chi connectivity index (χ3n) is 4.80. The number of hydrogen-bond donors (Lipinski definition) is 1. The second kappa shape index (κ2) is 7.37. The minimum Gasteiger partial charge on any atom is -0.463 e. The minimum absolute atomic E-state index is 0.00651. The molecule has 2 fully saturated rings. The molecule has 0 bridgehead atoms. The molecule has 144 valence electrons. The number of piperidine rings is 1. The molecule has 2 aliphatic heterocycles. The molecule has 1 unspecified atom stereocenters. The van der Waals surface area contributed by atoms with Gasteiger partial charge >= 0.3 is 5.97 Å². The molecular formula is C16H23N3O6S. The van der Waals surface area contributed by atoms with E-state index in [9.17, 15) is 18.0 Å². The van der Waals surface area contributed by atoms with E-state index in [1.807, 2.05) is 0 Å². The molecule has 0 radical (unpaired) electrons. The van der Waals surface area contributed by atoms with Crippen LogP contribution >= 0.6 is 0 Å². The Bertz CT molecular complexity index is 803. The lowest BCUT2D eigenvalue weighted by Gasteiger charge is -2.40. The Balaban J connectivity index is 1.82. The van der Waals surface area contributed by atoms with E-state index in [2.05, 4.69) is 10.1 Å². The van der Waals surface area contributed by atoms with Gasteiger partial charge < -0.3 is 19.4 Å². The molecule has 10 heteroatoms. The maximum Gasteiger partial charge on any atom is 0.373 e. The second-order valence-electron chi connectivity index (χ2n) is 6.45. The fraction of sp³-hybridized carbons (Fsp3) is 0.625. The average Bonchev–Trinajstić information content (AvgIpc) is 3.04. The quantitative estimate of drug-likeness (QED) is 0.724. The van der Waals surface area contributed by atoms with E-state index in [1.54, 1.807) is 4.90 Å². The fourth-order valence-corrected chi connectivity index (χ4v) is 5.14. The fourth-order valence-electron chi connectivity index (χ4n) is 3.46. The van der Waals surface area contributed by atoms with Gasteiger partial charge in [0.2, 0.25) is 21.7 Å². The molecule has 9 nitrogen and oxygen atoms in total. The van der Waals surface area contributed by atoms with Gasteiger partial charge in [0.25, 0.3) is 0 Å². The van der Waals surface area contributed by atoms with Gasteiger partial charge in [-0.2, -0.15) is 4.31 Å². The van der Waals surface area contributed by atoms with Crippen LogP contribution in [0.5, 0.6) is 0 Å². The zero-order valence-corrected chi connectivity index (χ0v) is 15.7. The Hall–Kier alpha value is -1.91. The first kappa shape index (κ1) is 18.9. The highest BCUT2D eigenvalue weighted by Gasteiger charge is 2.37. The lowest BCUT2D eigenvalue weighted by molar-refractivity contribution is -0.135. The Labute approximate surface area is 152 Å². The number of amides is 1. The smallest absolute Gasteiger partial charge is 0.373 e. The summed E-state index contributed by atoms with van der Waals surface area (Å²) in [5, 5.41) is 3.02. The summed E-state index contributed by atoms with van der Waals surface area (Å²) in [6, 6.07) is 1.07. The van der Waals surface area contributed by atoms with Crippen molar-refractivity contribution in [2.24, 2.45) is 0 Å². The molecule has 2 saturated heterocycles. The number of aryl methyl sites for hydroxylation is 1. The van der Waals surface area contributed by atoms with Gasteiger partial charge in [-0.25, -0.2) is 13.2 Å². The predicted octanol–water partition coefficient (Wildman–Crippen LogP) is -0.0405. The van der Waals surface area contributed by atoms with Crippen LogP contribution in [-0.4, -0.2) is 75.4 Å². The first-order valence-corrected chi connectivity index (χ1v) is 9.97. The second-order valence-corrected chi connectivity index (χ2v) is 8.35. The van der Waals surface area contributed by atoms with Crippen LogP contribution in [0.25, 0.3) is 0 Å². The number of methoxy groups -OCH3 is 1. The van der Waals surface area contributed by atoms with Crippen molar-refractivity contribution in [2.75, 3.05) is 39.8 Å². The van der Waals surface area contributed by atoms with Gasteiger partial charge in [0.15, 0.2) is 0 Å². The average molecular weight is 385 g/mol. The van der Waals surface area contributed by atoms with Gasteiger partial charge in [-0.1, -0.05) is 0 Å². The number of piperazine rings is 1. The van der Waals surface area contributed by atoms with E-state index in [4.69, 9.17) is 4.42 Å². The summed E-state index contributed by atoms with van der Waals surface area (Å²) in [5.41, 5.74) is 0. The third kappa shape index (κ3) is 3.49. The molecular weight excluding hydrogens is 362 g/mol. The van der Waals surface area contributed by atoms with Crippen LogP contribution in [0.3, 0.4) is 0 Å². The van der Waals surface area contributed by atoms with Gasteiger partial charge in [-0.3, -0.25) is 4.79 Å². The van der Waals surface area contributed by atoms with Crippen molar-refractivity contribution < 1.29 is 27.2 Å². The van der Waals surface area contributed by atoms with Gasteiger partial charge in [0.05, 0.1) is 13.7 Å². The highest BCUT2D eigenvalue weighted by atomic mass is 32.2. The largest absolute Gasteiger partial charge is 0.463 e.